The summed E-state index contributed by atoms with van der Waals surface area (Å²) in [6.07, 6.45) is 1.09. The number of aromatic nitrogens is 5. The lowest BCUT2D eigenvalue weighted by Gasteiger charge is -2.29. The van der Waals surface area contributed by atoms with Gasteiger partial charge in [0.2, 0.25) is 11.8 Å². The number of piperidine rings is 1. The highest BCUT2D eigenvalue weighted by Crippen LogP contribution is 2.37. The van der Waals surface area contributed by atoms with Gasteiger partial charge in [0, 0.05) is 42.8 Å². The van der Waals surface area contributed by atoms with Gasteiger partial charge in [0.1, 0.15) is 17.4 Å². The summed E-state index contributed by atoms with van der Waals surface area (Å²) in [7, 11) is 1.67. The number of hydrogen-bond acceptors (Lipinski definition) is 8. The van der Waals surface area contributed by atoms with Crippen LogP contribution in [0.5, 0.6) is 0 Å². The van der Waals surface area contributed by atoms with Crippen molar-refractivity contribution >= 4 is 51.0 Å². The Morgan fingerprint density at radius 1 is 1.00 bits per heavy atom. The molecule has 1 atom stereocenters. The molecule has 1 unspecified atom stereocenters. The SMILES string of the molecule is Cn1c(=O)n(C2CCC(=O)NC2=O)c2cccc(NC[C@H]3CC[C@H](n4cc5cc(NC(=O)c6cccc(C(F)(F)F)n6)c(C(C)(C)O)cc5n4)CC3)c21. The maximum Gasteiger partial charge on any atom is 0.433 e. The number of pyridine rings is 1. The molecule has 2 aliphatic rings. The van der Waals surface area contributed by atoms with Crippen LogP contribution in [0.4, 0.5) is 24.5 Å². The highest BCUT2D eigenvalue weighted by Gasteiger charge is 2.34. The Morgan fingerprint density at radius 3 is 2.43 bits per heavy atom. The highest BCUT2D eigenvalue weighted by molar-refractivity contribution is 6.04. The summed E-state index contributed by atoms with van der Waals surface area (Å²) in [4.78, 5) is 54.1. The molecule has 0 bridgehead atoms. The van der Waals surface area contributed by atoms with E-state index in [0.29, 0.717) is 40.0 Å². The van der Waals surface area contributed by atoms with Crippen molar-refractivity contribution in [2.24, 2.45) is 13.0 Å². The molecule has 1 saturated carbocycles. The van der Waals surface area contributed by atoms with Crippen LogP contribution in [0.3, 0.4) is 0 Å². The van der Waals surface area contributed by atoms with E-state index >= 15 is 0 Å². The third kappa shape index (κ3) is 7.02. The minimum atomic E-state index is -4.71. The Hall–Kier alpha value is -5.51. The van der Waals surface area contributed by atoms with Gasteiger partial charge in [-0.3, -0.25) is 33.5 Å². The average Bonchev–Trinajstić information content (AvgIpc) is 3.64. The zero-order chi connectivity index (χ0) is 37.8. The van der Waals surface area contributed by atoms with Crippen LogP contribution in [0.15, 0.2) is 59.5 Å². The van der Waals surface area contributed by atoms with Crippen LogP contribution in [0, 0.1) is 5.92 Å². The topological polar surface area (TPSA) is 165 Å². The molecule has 53 heavy (non-hydrogen) atoms. The molecule has 2 fully saturated rings. The number of benzene rings is 2. The molecule has 0 spiro atoms. The first kappa shape index (κ1) is 35.9. The molecule has 2 aromatic carbocycles. The lowest BCUT2D eigenvalue weighted by atomic mass is 9.86. The minimum absolute atomic E-state index is 0.100. The number of carbonyl (C=O) groups is 3. The van der Waals surface area contributed by atoms with Gasteiger partial charge in [-0.15, -0.1) is 0 Å². The van der Waals surface area contributed by atoms with E-state index in [0.717, 1.165) is 43.5 Å². The smallest absolute Gasteiger partial charge is 0.386 e. The maximum absolute atomic E-state index is 13.3. The van der Waals surface area contributed by atoms with E-state index in [1.165, 1.54) is 15.2 Å². The van der Waals surface area contributed by atoms with Gasteiger partial charge < -0.3 is 15.7 Å². The second-order valence-electron chi connectivity index (χ2n) is 14.4. The number of nitrogens with zero attached hydrogens (tertiary/aromatic N) is 5. The third-order valence-corrected chi connectivity index (χ3v) is 10.2. The van der Waals surface area contributed by atoms with Crippen molar-refractivity contribution in [3.05, 3.63) is 82.2 Å². The monoisotopic (exact) mass is 732 g/mol. The van der Waals surface area contributed by atoms with Crippen molar-refractivity contribution in [2.75, 3.05) is 17.2 Å². The van der Waals surface area contributed by atoms with E-state index in [-0.39, 0.29) is 36.2 Å². The number of rotatable bonds is 8. The lowest BCUT2D eigenvalue weighted by molar-refractivity contribution is -0.141. The number of aliphatic hydroxyl groups is 1. The van der Waals surface area contributed by atoms with E-state index in [1.54, 1.807) is 39.1 Å². The van der Waals surface area contributed by atoms with E-state index in [9.17, 15) is 37.5 Å². The fourth-order valence-corrected chi connectivity index (χ4v) is 7.47. The Labute approximate surface area is 301 Å². The molecule has 1 aliphatic carbocycles. The normalized spacial score (nSPS) is 19.8. The Bertz CT molecular complexity index is 2310. The number of fused-ring (bicyclic) bond motifs is 2. The van der Waals surface area contributed by atoms with Gasteiger partial charge in [0.25, 0.3) is 5.91 Å². The lowest BCUT2D eigenvalue weighted by Crippen LogP contribution is -2.44. The zero-order valence-corrected chi connectivity index (χ0v) is 29.3. The van der Waals surface area contributed by atoms with E-state index in [1.807, 2.05) is 23.0 Å². The van der Waals surface area contributed by atoms with Crippen LogP contribution in [-0.2, 0) is 28.4 Å². The van der Waals surface area contributed by atoms with Crippen molar-refractivity contribution in [1.29, 1.82) is 0 Å². The van der Waals surface area contributed by atoms with Gasteiger partial charge in [0.05, 0.1) is 33.9 Å². The van der Waals surface area contributed by atoms with Crippen LogP contribution in [-0.4, -0.2) is 53.3 Å². The second-order valence-corrected chi connectivity index (χ2v) is 14.4. The summed E-state index contributed by atoms with van der Waals surface area (Å²) >= 11 is 0. The standard InChI is InChI=1S/C37H39F3N8O5/c1-36(2,53)23-17-26-21(16-27(23)43-33(50)25-7-5-9-30(42-25)37(38,39)40)19-47(45-26)22-12-10-20(11-13-22)18-41-24-6-4-8-28-32(24)46(3)35(52)48(28)29-14-15-31(49)44-34(29)51/h4-9,16-17,19-20,22,29,41,53H,10-15,18H2,1-3H3,(H,43,50)(H,44,49,51)/t20-,22-,29?. The molecule has 13 nitrogen and oxygen atoms in total. The first-order chi connectivity index (χ1) is 25.1. The van der Waals surface area contributed by atoms with Crippen LogP contribution >= 0.6 is 0 Å². The molecule has 1 aliphatic heterocycles. The molecular formula is C37H39F3N8O5. The summed E-state index contributed by atoms with van der Waals surface area (Å²) in [5.41, 5.74) is -0.0398. The van der Waals surface area contributed by atoms with Crippen molar-refractivity contribution in [2.45, 2.75) is 76.2 Å². The number of nitrogens with one attached hydrogen (secondary N) is 3. The molecule has 1 saturated heterocycles. The first-order valence-electron chi connectivity index (χ1n) is 17.5. The number of imidazole rings is 1. The predicted octanol–water partition coefficient (Wildman–Crippen LogP) is 5.40. The van der Waals surface area contributed by atoms with E-state index < -0.39 is 41.0 Å². The molecule has 3 aromatic heterocycles. The number of alkyl halides is 3. The van der Waals surface area contributed by atoms with Crippen LogP contribution in [0.2, 0.25) is 0 Å². The van der Waals surface area contributed by atoms with Crippen LogP contribution in [0.25, 0.3) is 21.9 Å². The van der Waals surface area contributed by atoms with Crippen LogP contribution in [0.1, 0.15) is 86.2 Å². The zero-order valence-electron chi connectivity index (χ0n) is 29.3. The quantitative estimate of drug-likeness (QED) is 0.154. The van der Waals surface area contributed by atoms with Crippen molar-refractivity contribution < 1.29 is 32.7 Å². The average molecular weight is 733 g/mol. The van der Waals surface area contributed by atoms with Crippen LogP contribution < -0.4 is 21.6 Å². The van der Waals surface area contributed by atoms with E-state index in [2.05, 4.69) is 20.9 Å². The molecule has 7 rings (SSSR count). The molecule has 3 amide bonds. The van der Waals surface area contributed by atoms with Crippen molar-refractivity contribution in [3.8, 4) is 0 Å². The molecule has 4 N–H and O–H groups in total. The number of halogens is 3. The molecule has 4 heterocycles. The number of imide groups is 1. The number of aryl methyl sites for hydroxylation is 1. The predicted molar refractivity (Wildman–Crippen MR) is 190 cm³/mol. The summed E-state index contributed by atoms with van der Waals surface area (Å²) < 4.78 is 44.6. The van der Waals surface area contributed by atoms with Gasteiger partial charge >= 0.3 is 11.9 Å². The largest absolute Gasteiger partial charge is 0.433 e. The highest BCUT2D eigenvalue weighted by atomic mass is 19.4. The molecular weight excluding hydrogens is 693 g/mol. The summed E-state index contributed by atoms with van der Waals surface area (Å²) in [5.74, 6) is -1.32. The van der Waals surface area contributed by atoms with Gasteiger partial charge in [-0.05, 0) is 88.3 Å². The summed E-state index contributed by atoms with van der Waals surface area (Å²) in [6.45, 7) is 3.77. The Balaban J connectivity index is 1.04. The van der Waals surface area contributed by atoms with Gasteiger partial charge in [0.15, 0.2) is 0 Å². The van der Waals surface area contributed by atoms with E-state index in [4.69, 9.17) is 5.10 Å². The first-order valence-corrected chi connectivity index (χ1v) is 17.5. The number of anilines is 2. The molecule has 278 valence electrons. The minimum Gasteiger partial charge on any atom is -0.386 e. The fourth-order valence-electron chi connectivity index (χ4n) is 7.47. The molecule has 16 heteroatoms. The van der Waals surface area contributed by atoms with Crippen molar-refractivity contribution in [1.82, 2.24) is 29.2 Å². The Morgan fingerprint density at radius 2 is 1.74 bits per heavy atom. The number of para-hydroxylation sites is 1. The fraction of sp³-hybridized carbons (Fsp3) is 0.405. The number of amides is 3. The molecule has 0 radical (unpaired) electrons. The molecule has 5 aromatic rings. The summed E-state index contributed by atoms with van der Waals surface area (Å²) in [6, 6.07) is 11.3. The van der Waals surface area contributed by atoms with Gasteiger partial charge in [-0.1, -0.05) is 12.1 Å². The third-order valence-electron chi connectivity index (χ3n) is 10.2. The maximum atomic E-state index is 13.3. The number of hydrogen-bond donors (Lipinski definition) is 4. The van der Waals surface area contributed by atoms with Crippen molar-refractivity contribution in [3.63, 3.8) is 0 Å². The number of carbonyl (C=O) groups excluding carboxylic acids is 3. The van der Waals surface area contributed by atoms with Gasteiger partial charge in [-0.2, -0.15) is 18.3 Å². The second kappa shape index (κ2) is 13.5. The summed E-state index contributed by atoms with van der Waals surface area (Å²) in [5, 5.41) is 25.0. The Kier molecular flexibility index (Phi) is 9.12. The van der Waals surface area contributed by atoms with Gasteiger partial charge in [-0.25, -0.2) is 9.78 Å².